The van der Waals surface area contributed by atoms with Crippen LogP contribution in [0.4, 0.5) is 0 Å². The molecule has 0 saturated heterocycles. The number of fused-ring (bicyclic) bond motifs is 1. The summed E-state index contributed by atoms with van der Waals surface area (Å²) in [5.41, 5.74) is 1.20. The zero-order chi connectivity index (χ0) is 9.26. The van der Waals surface area contributed by atoms with Gasteiger partial charge in [-0.3, -0.25) is 0 Å². The van der Waals surface area contributed by atoms with Crippen LogP contribution in [0.5, 0.6) is 0 Å². The van der Waals surface area contributed by atoms with E-state index in [0.717, 1.165) is 19.5 Å². The van der Waals surface area contributed by atoms with E-state index in [1.54, 1.807) is 0 Å². The molecule has 0 spiro atoms. The average Bonchev–Trinajstić information content (AvgIpc) is 2.49. The van der Waals surface area contributed by atoms with Gasteiger partial charge in [0.25, 0.3) is 0 Å². The van der Waals surface area contributed by atoms with Crippen molar-refractivity contribution in [2.75, 3.05) is 13.6 Å². The van der Waals surface area contributed by atoms with Gasteiger partial charge < -0.3 is 9.88 Å². The maximum Gasteiger partial charge on any atom is 0.150 e. The van der Waals surface area contributed by atoms with Gasteiger partial charge in [-0.25, -0.2) is 4.98 Å². The second-order valence-corrected chi connectivity index (χ2v) is 3.95. The molecule has 0 fully saturated rings. The zero-order valence-electron chi connectivity index (χ0n) is 7.76. The van der Waals surface area contributed by atoms with Crippen molar-refractivity contribution >= 4 is 11.6 Å². The van der Waals surface area contributed by atoms with Crippen molar-refractivity contribution in [1.29, 1.82) is 0 Å². The van der Waals surface area contributed by atoms with Crippen LogP contribution >= 0.6 is 11.6 Å². The molecule has 0 radical (unpaired) electrons. The summed E-state index contributed by atoms with van der Waals surface area (Å²) in [5, 5.41) is 3.89. The van der Waals surface area contributed by atoms with Gasteiger partial charge in [0.15, 0.2) is 0 Å². The molecule has 1 unspecified atom stereocenters. The number of nitrogens with zero attached hydrogens (tertiary/aromatic N) is 2. The highest BCUT2D eigenvalue weighted by Gasteiger charge is 2.20. The van der Waals surface area contributed by atoms with Crippen molar-refractivity contribution in [2.45, 2.75) is 19.4 Å². The van der Waals surface area contributed by atoms with E-state index in [1.165, 1.54) is 12.1 Å². The SMILES string of the molecule is CNCC1CCn2cnc(Cl)c2C1. The molecule has 13 heavy (non-hydrogen) atoms. The highest BCUT2D eigenvalue weighted by molar-refractivity contribution is 6.30. The smallest absolute Gasteiger partial charge is 0.150 e. The van der Waals surface area contributed by atoms with E-state index < -0.39 is 0 Å². The first-order valence-electron chi connectivity index (χ1n) is 4.65. The maximum atomic E-state index is 5.97. The first-order chi connectivity index (χ1) is 6.31. The molecule has 1 aliphatic heterocycles. The van der Waals surface area contributed by atoms with Crippen molar-refractivity contribution in [3.8, 4) is 0 Å². The Kier molecular flexibility index (Phi) is 2.56. The van der Waals surface area contributed by atoms with Crippen molar-refractivity contribution in [3.05, 3.63) is 17.2 Å². The molecule has 1 aromatic rings. The quantitative estimate of drug-likeness (QED) is 0.779. The van der Waals surface area contributed by atoms with E-state index in [9.17, 15) is 0 Å². The molecule has 0 bridgehead atoms. The molecule has 1 aromatic heterocycles. The van der Waals surface area contributed by atoms with Crippen LogP contribution in [0.15, 0.2) is 6.33 Å². The number of aromatic nitrogens is 2. The molecule has 2 rings (SSSR count). The Labute approximate surface area is 83.1 Å². The van der Waals surface area contributed by atoms with Crippen LogP contribution in [-0.2, 0) is 13.0 Å². The Bertz CT molecular complexity index is 295. The van der Waals surface area contributed by atoms with Crippen LogP contribution in [-0.4, -0.2) is 23.1 Å². The Hall–Kier alpha value is -0.540. The molecular weight excluding hydrogens is 186 g/mol. The Morgan fingerprint density at radius 3 is 3.38 bits per heavy atom. The Morgan fingerprint density at radius 1 is 1.77 bits per heavy atom. The van der Waals surface area contributed by atoms with Crippen molar-refractivity contribution < 1.29 is 0 Å². The predicted molar refractivity (Wildman–Crippen MR) is 53.0 cm³/mol. The summed E-state index contributed by atoms with van der Waals surface area (Å²) in [4.78, 5) is 4.10. The van der Waals surface area contributed by atoms with Crippen molar-refractivity contribution in [1.82, 2.24) is 14.9 Å². The third-order valence-corrected chi connectivity index (χ3v) is 2.96. The van der Waals surface area contributed by atoms with Crippen molar-refractivity contribution in [3.63, 3.8) is 0 Å². The van der Waals surface area contributed by atoms with Gasteiger partial charge in [0.1, 0.15) is 5.15 Å². The third-order valence-electron chi connectivity index (χ3n) is 2.65. The van der Waals surface area contributed by atoms with E-state index >= 15 is 0 Å². The second kappa shape index (κ2) is 3.68. The minimum atomic E-state index is 0.681. The van der Waals surface area contributed by atoms with E-state index in [-0.39, 0.29) is 0 Å². The van der Waals surface area contributed by atoms with Gasteiger partial charge >= 0.3 is 0 Å². The summed E-state index contributed by atoms with van der Waals surface area (Å²) in [6, 6.07) is 0. The maximum absolute atomic E-state index is 5.97. The van der Waals surface area contributed by atoms with Crippen LogP contribution in [0, 0.1) is 5.92 Å². The lowest BCUT2D eigenvalue weighted by Gasteiger charge is -2.23. The minimum absolute atomic E-state index is 0.681. The summed E-state index contributed by atoms with van der Waals surface area (Å²) in [7, 11) is 1.99. The Morgan fingerprint density at radius 2 is 2.62 bits per heavy atom. The van der Waals surface area contributed by atoms with E-state index in [1.807, 2.05) is 13.4 Å². The molecule has 0 saturated carbocycles. The number of imidazole rings is 1. The van der Waals surface area contributed by atoms with Crippen LogP contribution in [0.2, 0.25) is 5.15 Å². The highest BCUT2D eigenvalue weighted by Crippen LogP contribution is 2.24. The van der Waals surface area contributed by atoms with Gasteiger partial charge in [0.2, 0.25) is 0 Å². The summed E-state index contributed by atoms with van der Waals surface area (Å²) in [6.07, 6.45) is 4.12. The normalized spacial score (nSPS) is 21.5. The lowest BCUT2D eigenvalue weighted by atomic mass is 9.96. The fourth-order valence-corrected chi connectivity index (χ4v) is 2.17. The van der Waals surface area contributed by atoms with E-state index in [0.29, 0.717) is 11.1 Å². The van der Waals surface area contributed by atoms with E-state index in [4.69, 9.17) is 11.6 Å². The minimum Gasteiger partial charge on any atom is -0.333 e. The number of hydrogen-bond acceptors (Lipinski definition) is 2. The molecule has 4 heteroatoms. The molecule has 1 N–H and O–H groups in total. The molecule has 2 heterocycles. The van der Waals surface area contributed by atoms with Gasteiger partial charge in [-0.05, 0) is 32.4 Å². The summed E-state index contributed by atoms with van der Waals surface area (Å²) in [5.74, 6) is 0.715. The molecule has 0 amide bonds. The largest absolute Gasteiger partial charge is 0.333 e. The monoisotopic (exact) mass is 199 g/mol. The van der Waals surface area contributed by atoms with Gasteiger partial charge in [-0.15, -0.1) is 0 Å². The van der Waals surface area contributed by atoms with E-state index in [2.05, 4.69) is 14.9 Å². The number of aryl methyl sites for hydroxylation is 1. The number of rotatable bonds is 2. The van der Waals surface area contributed by atoms with Gasteiger partial charge in [-0.1, -0.05) is 11.6 Å². The average molecular weight is 200 g/mol. The standard InChI is InChI=1S/C9H14ClN3/c1-11-5-7-2-3-13-6-12-9(10)8(13)4-7/h6-7,11H,2-5H2,1H3. The van der Waals surface area contributed by atoms with Crippen LogP contribution < -0.4 is 5.32 Å². The first kappa shape index (κ1) is 9.03. The molecular formula is C9H14ClN3. The lowest BCUT2D eigenvalue weighted by molar-refractivity contribution is 0.378. The summed E-state index contributed by atoms with van der Waals surface area (Å²) >= 11 is 5.97. The topological polar surface area (TPSA) is 29.9 Å². The number of halogens is 1. The third kappa shape index (κ3) is 1.71. The number of nitrogens with one attached hydrogen (secondary N) is 1. The van der Waals surface area contributed by atoms with Crippen LogP contribution in [0.3, 0.4) is 0 Å². The predicted octanol–water partition coefficient (Wildman–Crippen LogP) is 1.32. The molecule has 1 aliphatic rings. The highest BCUT2D eigenvalue weighted by atomic mass is 35.5. The molecule has 3 nitrogen and oxygen atoms in total. The van der Waals surface area contributed by atoms with Crippen molar-refractivity contribution in [2.24, 2.45) is 5.92 Å². The molecule has 1 atom stereocenters. The van der Waals surface area contributed by atoms with Gasteiger partial charge in [-0.2, -0.15) is 0 Å². The van der Waals surface area contributed by atoms with Gasteiger partial charge in [0, 0.05) is 6.54 Å². The van der Waals surface area contributed by atoms with Crippen LogP contribution in [0.1, 0.15) is 12.1 Å². The Balaban J connectivity index is 2.13. The van der Waals surface area contributed by atoms with Crippen LogP contribution in [0.25, 0.3) is 0 Å². The first-order valence-corrected chi connectivity index (χ1v) is 5.03. The molecule has 0 aliphatic carbocycles. The lowest BCUT2D eigenvalue weighted by Crippen LogP contribution is -2.26. The van der Waals surface area contributed by atoms with Gasteiger partial charge in [0.05, 0.1) is 12.0 Å². The number of hydrogen-bond donors (Lipinski definition) is 1. The molecule has 72 valence electrons. The summed E-state index contributed by atoms with van der Waals surface area (Å²) < 4.78 is 2.16. The zero-order valence-corrected chi connectivity index (χ0v) is 8.51. The molecule has 0 aromatic carbocycles. The fourth-order valence-electron chi connectivity index (χ4n) is 1.94. The fraction of sp³-hybridized carbons (Fsp3) is 0.667. The second-order valence-electron chi connectivity index (χ2n) is 3.59. The summed E-state index contributed by atoms with van der Waals surface area (Å²) in [6.45, 7) is 2.13.